The van der Waals surface area contributed by atoms with Crippen molar-refractivity contribution in [3.8, 4) is 0 Å². The van der Waals surface area contributed by atoms with Crippen molar-refractivity contribution in [3.05, 3.63) is 11.9 Å². The molecule has 1 unspecified atom stereocenters. The second kappa shape index (κ2) is 3.06. The predicted octanol–water partition coefficient (Wildman–Crippen LogP) is 1.62. The normalized spacial score (nSPS) is 14.0. The average Bonchev–Trinajstić information content (AvgIpc) is 1.64. The molecular weight excluding hydrogens is 123 g/mol. The van der Waals surface area contributed by atoms with E-state index < -0.39 is 8.03 Å². The maximum Gasteiger partial charge on any atom is 0.213 e. The molecular formula is C5H11O2P. The molecule has 0 amide bonds. The summed E-state index contributed by atoms with van der Waals surface area (Å²) in [5.41, 5.74) is 0. The van der Waals surface area contributed by atoms with Crippen LogP contribution in [-0.2, 0) is 4.57 Å². The summed E-state index contributed by atoms with van der Waals surface area (Å²) >= 11 is 0. The van der Waals surface area contributed by atoms with Gasteiger partial charge < -0.3 is 4.89 Å². The molecule has 0 fully saturated rings. The maximum absolute atomic E-state index is 10.2. The van der Waals surface area contributed by atoms with Crippen LogP contribution in [0.25, 0.3) is 0 Å². The first kappa shape index (κ1) is 7.93. The fourth-order valence-corrected chi connectivity index (χ4v) is 0.741. The van der Waals surface area contributed by atoms with Gasteiger partial charge in [-0.1, -0.05) is 20.4 Å². The van der Waals surface area contributed by atoms with Crippen molar-refractivity contribution in [2.45, 2.75) is 13.8 Å². The van der Waals surface area contributed by atoms with E-state index in [-0.39, 0.29) is 5.92 Å². The SMILES string of the molecule is C=C(C(C)C)[PH](=O)O. The second-order valence-corrected chi connectivity index (χ2v) is 3.24. The second-order valence-electron chi connectivity index (χ2n) is 1.99. The van der Waals surface area contributed by atoms with Crippen molar-refractivity contribution in [3.63, 3.8) is 0 Å². The van der Waals surface area contributed by atoms with Crippen LogP contribution in [0.3, 0.4) is 0 Å². The van der Waals surface area contributed by atoms with Crippen molar-refractivity contribution in [1.82, 2.24) is 0 Å². The monoisotopic (exact) mass is 134 g/mol. The Hall–Kier alpha value is -0.0700. The molecule has 2 nitrogen and oxygen atoms in total. The Kier molecular flexibility index (Phi) is 3.03. The van der Waals surface area contributed by atoms with Gasteiger partial charge in [-0.3, -0.25) is 4.57 Å². The zero-order chi connectivity index (χ0) is 6.73. The van der Waals surface area contributed by atoms with Gasteiger partial charge in [-0.05, 0) is 5.92 Å². The molecule has 0 saturated heterocycles. The van der Waals surface area contributed by atoms with Crippen molar-refractivity contribution in [1.29, 1.82) is 0 Å². The van der Waals surface area contributed by atoms with E-state index in [9.17, 15) is 4.57 Å². The highest BCUT2D eigenvalue weighted by Gasteiger charge is 2.03. The van der Waals surface area contributed by atoms with Gasteiger partial charge in [0.15, 0.2) is 0 Å². The number of rotatable bonds is 2. The Bertz CT molecular complexity index is 118. The number of hydrogen-bond donors (Lipinski definition) is 1. The minimum atomic E-state index is -2.46. The van der Waals surface area contributed by atoms with E-state index in [2.05, 4.69) is 6.58 Å². The van der Waals surface area contributed by atoms with Crippen molar-refractivity contribution in [2.75, 3.05) is 0 Å². The summed E-state index contributed by atoms with van der Waals surface area (Å²) in [5.74, 6) is 0.131. The molecule has 0 aromatic heterocycles. The average molecular weight is 134 g/mol. The first-order valence-electron chi connectivity index (χ1n) is 2.47. The fourth-order valence-electron chi connectivity index (χ4n) is 0.247. The lowest BCUT2D eigenvalue weighted by Gasteiger charge is -2.02. The van der Waals surface area contributed by atoms with Gasteiger partial charge in [0.25, 0.3) is 0 Å². The van der Waals surface area contributed by atoms with Crippen molar-refractivity contribution in [2.24, 2.45) is 5.92 Å². The van der Waals surface area contributed by atoms with Gasteiger partial charge in [0.1, 0.15) is 0 Å². The largest absolute Gasteiger partial charge is 0.343 e. The van der Waals surface area contributed by atoms with Crippen molar-refractivity contribution < 1.29 is 9.46 Å². The van der Waals surface area contributed by atoms with E-state index in [1.165, 1.54) is 0 Å². The van der Waals surface area contributed by atoms with Crippen LogP contribution in [-0.4, -0.2) is 4.89 Å². The van der Waals surface area contributed by atoms with E-state index in [4.69, 9.17) is 4.89 Å². The molecule has 1 atom stereocenters. The lowest BCUT2D eigenvalue weighted by Crippen LogP contribution is -1.85. The Morgan fingerprint density at radius 1 is 1.75 bits per heavy atom. The lowest BCUT2D eigenvalue weighted by molar-refractivity contribution is 0.505. The number of allylic oxidation sites excluding steroid dienone is 1. The van der Waals surface area contributed by atoms with Gasteiger partial charge >= 0.3 is 0 Å². The summed E-state index contributed by atoms with van der Waals surface area (Å²) in [6.45, 7) is 7.13. The molecule has 0 aliphatic heterocycles. The molecule has 0 spiro atoms. The van der Waals surface area contributed by atoms with Crippen LogP contribution in [0.5, 0.6) is 0 Å². The van der Waals surface area contributed by atoms with E-state index in [0.717, 1.165) is 0 Å². The zero-order valence-electron chi connectivity index (χ0n) is 5.14. The summed E-state index contributed by atoms with van der Waals surface area (Å²) in [6, 6.07) is 0. The van der Waals surface area contributed by atoms with Gasteiger partial charge in [-0.15, -0.1) is 0 Å². The van der Waals surface area contributed by atoms with Crippen LogP contribution in [0.1, 0.15) is 13.8 Å². The van der Waals surface area contributed by atoms with E-state index in [1.54, 1.807) is 0 Å². The molecule has 3 heteroatoms. The van der Waals surface area contributed by atoms with Gasteiger partial charge in [-0.25, -0.2) is 0 Å². The topological polar surface area (TPSA) is 37.3 Å². The van der Waals surface area contributed by atoms with Crippen LogP contribution in [0.2, 0.25) is 0 Å². The Labute approximate surface area is 50.1 Å². The fraction of sp³-hybridized carbons (Fsp3) is 0.600. The summed E-state index contributed by atoms with van der Waals surface area (Å²) in [6.07, 6.45) is 0. The van der Waals surface area contributed by atoms with Crippen molar-refractivity contribution >= 4 is 8.03 Å². The minimum Gasteiger partial charge on any atom is -0.343 e. The molecule has 0 rings (SSSR count). The van der Waals surface area contributed by atoms with Crippen LogP contribution >= 0.6 is 8.03 Å². The van der Waals surface area contributed by atoms with Gasteiger partial charge in [-0.2, -0.15) is 0 Å². The van der Waals surface area contributed by atoms with Crippen LogP contribution < -0.4 is 0 Å². The molecule has 0 heterocycles. The van der Waals surface area contributed by atoms with E-state index >= 15 is 0 Å². The summed E-state index contributed by atoms with van der Waals surface area (Å²) in [4.78, 5) is 8.44. The highest BCUT2D eigenvalue weighted by Crippen LogP contribution is 2.30. The standard InChI is InChI=1S/C5H11O2P/c1-4(2)5(3)8(6)7/h4,8H,3H2,1-2H3,(H,6,7). The van der Waals surface area contributed by atoms with Gasteiger partial charge in [0.2, 0.25) is 8.03 Å². The van der Waals surface area contributed by atoms with Crippen LogP contribution in [0.15, 0.2) is 11.9 Å². The third-order valence-corrected chi connectivity index (χ3v) is 2.10. The Balaban J connectivity index is 3.84. The molecule has 0 saturated carbocycles. The zero-order valence-corrected chi connectivity index (χ0v) is 6.14. The molecule has 48 valence electrons. The molecule has 0 bridgehead atoms. The summed E-state index contributed by atoms with van der Waals surface area (Å²) < 4.78 is 10.2. The first-order valence-corrected chi connectivity index (χ1v) is 3.83. The molecule has 0 radical (unpaired) electrons. The molecule has 0 aliphatic carbocycles. The van der Waals surface area contributed by atoms with E-state index in [1.807, 2.05) is 13.8 Å². The highest BCUT2D eigenvalue weighted by atomic mass is 31.1. The third kappa shape index (κ3) is 2.29. The quantitative estimate of drug-likeness (QED) is 0.582. The molecule has 0 aromatic carbocycles. The summed E-state index contributed by atoms with van der Waals surface area (Å²) in [7, 11) is -2.46. The molecule has 0 aromatic rings. The summed E-state index contributed by atoms with van der Waals surface area (Å²) in [5, 5.41) is 0.454. The minimum absolute atomic E-state index is 0.131. The first-order chi connectivity index (χ1) is 3.55. The third-order valence-electron chi connectivity index (χ3n) is 0.972. The molecule has 0 aliphatic rings. The maximum atomic E-state index is 10.2. The van der Waals surface area contributed by atoms with E-state index in [0.29, 0.717) is 5.31 Å². The van der Waals surface area contributed by atoms with Crippen LogP contribution in [0, 0.1) is 5.92 Å². The Morgan fingerprint density at radius 3 is 2.12 bits per heavy atom. The number of hydrogen-bond acceptors (Lipinski definition) is 1. The van der Waals surface area contributed by atoms with Gasteiger partial charge in [0.05, 0.1) is 0 Å². The van der Waals surface area contributed by atoms with Gasteiger partial charge in [0, 0.05) is 5.31 Å². The highest BCUT2D eigenvalue weighted by molar-refractivity contribution is 7.43. The lowest BCUT2D eigenvalue weighted by atomic mass is 10.2. The molecule has 8 heavy (non-hydrogen) atoms. The molecule has 1 N–H and O–H groups in total. The van der Waals surface area contributed by atoms with Crippen LogP contribution in [0.4, 0.5) is 0 Å². The smallest absolute Gasteiger partial charge is 0.213 e. The Morgan fingerprint density at radius 2 is 2.12 bits per heavy atom. The predicted molar refractivity (Wildman–Crippen MR) is 35.2 cm³/mol.